The Balaban J connectivity index is 2.41. The van der Waals surface area contributed by atoms with Crippen LogP contribution in [0.4, 0.5) is 0 Å². The number of hydrogen-bond donors (Lipinski definition) is 1. The smallest absolute Gasteiger partial charge is 0.00232 e. The van der Waals surface area contributed by atoms with E-state index in [1.807, 2.05) is 0 Å². The molecule has 0 heterocycles. The van der Waals surface area contributed by atoms with E-state index in [4.69, 9.17) is 0 Å². The molecule has 1 aromatic rings. The molecule has 1 unspecified atom stereocenters. The van der Waals surface area contributed by atoms with Gasteiger partial charge in [0.25, 0.3) is 0 Å². The van der Waals surface area contributed by atoms with Gasteiger partial charge >= 0.3 is 0 Å². The average molecular weight is 219 g/mol. The summed E-state index contributed by atoms with van der Waals surface area (Å²) in [4.78, 5) is 0. The highest BCUT2D eigenvalue weighted by atomic mass is 14.8. The third-order valence-corrected chi connectivity index (χ3v) is 2.95. The second-order valence-corrected chi connectivity index (χ2v) is 4.95. The normalized spacial score (nSPS) is 12.8. The fraction of sp³-hybridized carbons (Fsp3) is 0.600. The van der Waals surface area contributed by atoms with Crippen LogP contribution in [0.25, 0.3) is 0 Å². The van der Waals surface area contributed by atoms with Gasteiger partial charge in [-0.25, -0.2) is 0 Å². The summed E-state index contributed by atoms with van der Waals surface area (Å²) in [5.74, 6) is 0.765. The standard InChI is InChI=1S/C15H25N/c1-5-16-11-12(2)6-7-15-9-13(3)8-14(4)10-15/h8-10,12,16H,5-7,11H2,1-4H3. The Morgan fingerprint density at radius 2 is 1.75 bits per heavy atom. The molecule has 0 fully saturated rings. The molecule has 0 aliphatic rings. The van der Waals surface area contributed by atoms with Gasteiger partial charge in [-0.05, 0) is 51.3 Å². The third-order valence-electron chi connectivity index (χ3n) is 2.95. The van der Waals surface area contributed by atoms with Crippen molar-refractivity contribution in [2.45, 2.75) is 40.5 Å². The molecule has 1 rings (SSSR count). The van der Waals surface area contributed by atoms with Crippen molar-refractivity contribution in [2.24, 2.45) is 5.92 Å². The van der Waals surface area contributed by atoms with Crippen LogP contribution in [0.15, 0.2) is 18.2 Å². The van der Waals surface area contributed by atoms with Crippen LogP contribution in [0.3, 0.4) is 0 Å². The molecule has 1 N–H and O–H groups in total. The van der Waals surface area contributed by atoms with Crippen molar-refractivity contribution in [3.63, 3.8) is 0 Å². The van der Waals surface area contributed by atoms with Crippen molar-refractivity contribution in [1.82, 2.24) is 5.32 Å². The van der Waals surface area contributed by atoms with Crippen LogP contribution in [-0.2, 0) is 6.42 Å². The minimum Gasteiger partial charge on any atom is -0.317 e. The van der Waals surface area contributed by atoms with Gasteiger partial charge in [-0.15, -0.1) is 0 Å². The summed E-state index contributed by atoms with van der Waals surface area (Å²) in [7, 11) is 0. The quantitative estimate of drug-likeness (QED) is 0.772. The number of nitrogens with one attached hydrogen (secondary N) is 1. The maximum absolute atomic E-state index is 3.41. The fourth-order valence-corrected chi connectivity index (χ4v) is 2.12. The van der Waals surface area contributed by atoms with Gasteiger partial charge in [0.2, 0.25) is 0 Å². The van der Waals surface area contributed by atoms with Crippen molar-refractivity contribution in [1.29, 1.82) is 0 Å². The second-order valence-electron chi connectivity index (χ2n) is 4.95. The summed E-state index contributed by atoms with van der Waals surface area (Å²) in [6, 6.07) is 6.87. The lowest BCUT2D eigenvalue weighted by Crippen LogP contribution is -2.20. The highest BCUT2D eigenvalue weighted by Gasteiger charge is 2.02. The fourth-order valence-electron chi connectivity index (χ4n) is 2.12. The number of hydrogen-bond acceptors (Lipinski definition) is 1. The van der Waals surface area contributed by atoms with Crippen LogP contribution in [0.5, 0.6) is 0 Å². The van der Waals surface area contributed by atoms with Crippen LogP contribution >= 0.6 is 0 Å². The predicted octanol–water partition coefficient (Wildman–Crippen LogP) is 3.48. The van der Waals surface area contributed by atoms with E-state index in [9.17, 15) is 0 Å². The summed E-state index contributed by atoms with van der Waals surface area (Å²) >= 11 is 0. The van der Waals surface area contributed by atoms with E-state index in [0.29, 0.717) is 0 Å². The molecule has 1 aromatic carbocycles. The monoisotopic (exact) mass is 219 g/mol. The Hall–Kier alpha value is -0.820. The molecule has 0 bridgehead atoms. The van der Waals surface area contributed by atoms with E-state index >= 15 is 0 Å². The zero-order valence-corrected chi connectivity index (χ0v) is 11.1. The Labute approximate surface area is 100 Å². The molecule has 1 atom stereocenters. The SMILES string of the molecule is CCNCC(C)CCc1cc(C)cc(C)c1. The van der Waals surface area contributed by atoms with Gasteiger partial charge < -0.3 is 5.32 Å². The van der Waals surface area contributed by atoms with Gasteiger partial charge in [0.15, 0.2) is 0 Å². The molecule has 1 heteroatoms. The largest absolute Gasteiger partial charge is 0.317 e. The minimum absolute atomic E-state index is 0.765. The summed E-state index contributed by atoms with van der Waals surface area (Å²) in [6.45, 7) is 11.1. The first-order chi connectivity index (χ1) is 7.61. The molecule has 0 spiro atoms. The zero-order valence-electron chi connectivity index (χ0n) is 11.1. The topological polar surface area (TPSA) is 12.0 Å². The minimum atomic E-state index is 0.765. The lowest BCUT2D eigenvalue weighted by molar-refractivity contribution is 0.489. The molecule has 0 aliphatic heterocycles. The molecule has 0 amide bonds. The van der Waals surface area contributed by atoms with Gasteiger partial charge in [0, 0.05) is 0 Å². The van der Waals surface area contributed by atoms with Crippen LogP contribution in [-0.4, -0.2) is 13.1 Å². The summed E-state index contributed by atoms with van der Waals surface area (Å²) in [5, 5.41) is 3.41. The highest BCUT2D eigenvalue weighted by Crippen LogP contribution is 2.13. The molecular formula is C15H25N. The van der Waals surface area contributed by atoms with E-state index in [1.165, 1.54) is 29.5 Å². The van der Waals surface area contributed by atoms with Crippen LogP contribution in [0.1, 0.15) is 37.0 Å². The molecule has 16 heavy (non-hydrogen) atoms. The number of rotatable bonds is 6. The molecule has 0 radical (unpaired) electrons. The first kappa shape index (κ1) is 13.2. The molecule has 1 nitrogen and oxygen atoms in total. The average Bonchev–Trinajstić information content (AvgIpc) is 2.22. The predicted molar refractivity (Wildman–Crippen MR) is 71.9 cm³/mol. The third kappa shape index (κ3) is 4.80. The van der Waals surface area contributed by atoms with E-state index in [2.05, 4.69) is 51.2 Å². The van der Waals surface area contributed by atoms with Crippen molar-refractivity contribution in [3.8, 4) is 0 Å². The molecule has 0 saturated carbocycles. The highest BCUT2D eigenvalue weighted by molar-refractivity contribution is 5.28. The first-order valence-corrected chi connectivity index (χ1v) is 6.39. The summed E-state index contributed by atoms with van der Waals surface area (Å²) in [5.41, 5.74) is 4.25. The van der Waals surface area contributed by atoms with Crippen LogP contribution in [0, 0.1) is 19.8 Å². The Bertz CT molecular complexity index is 297. The van der Waals surface area contributed by atoms with E-state index in [0.717, 1.165) is 19.0 Å². The van der Waals surface area contributed by atoms with Gasteiger partial charge in [-0.3, -0.25) is 0 Å². The van der Waals surface area contributed by atoms with Gasteiger partial charge in [-0.2, -0.15) is 0 Å². The van der Waals surface area contributed by atoms with Gasteiger partial charge in [-0.1, -0.05) is 43.2 Å². The molecule has 0 aromatic heterocycles. The molecular weight excluding hydrogens is 194 g/mol. The van der Waals surface area contributed by atoms with E-state index < -0.39 is 0 Å². The van der Waals surface area contributed by atoms with Crippen molar-refractivity contribution < 1.29 is 0 Å². The second kappa shape index (κ2) is 6.70. The maximum atomic E-state index is 3.41. The van der Waals surface area contributed by atoms with E-state index in [1.54, 1.807) is 0 Å². The van der Waals surface area contributed by atoms with Crippen molar-refractivity contribution in [3.05, 3.63) is 34.9 Å². The van der Waals surface area contributed by atoms with Gasteiger partial charge in [0.05, 0.1) is 0 Å². The van der Waals surface area contributed by atoms with Crippen LogP contribution in [0.2, 0.25) is 0 Å². The Morgan fingerprint density at radius 1 is 1.12 bits per heavy atom. The Kier molecular flexibility index (Phi) is 5.54. The summed E-state index contributed by atoms with van der Waals surface area (Å²) in [6.07, 6.45) is 2.48. The zero-order chi connectivity index (χ0) is 12.0. The lowest BCUT2D eigenvalue weighted by atomic mass is 9.98. The Morgan fingerprint density at radius 3 is 2.31 bits per heavy atom. The summed E-state index contributed by atoms with van der Waals surface area (Å²) < 4.78 is 0. The lowest BCUT2D eigenvalue weighted by Gasteiger charge is -2.12. The van der Waals surface area contributed by atoms with Crippen LogP contribution < -0.4 is 5.32 Å². The van der Waals surface area contributed by atoms with Crippen molar-refractivity contribution in [2.75, 3.05) is 13.1 Å². The number of aryl methyl sites for hydroxylation is 3. The van der Waals surface area contributed by atoms with E-state index in [-0.39, 0.29) is 0 Å². The molecule has 0 saturated heterocycles. The van der Waals surface area contributed by atoms with Gasteiger partial charge in [0.1, 0.15) is 0 Å². The first-order valence-electron chi connectivity index (χ1n) is 6.39. The molecule has 0 aliphatic carbocycles. The number of benzene rings is 1. The van der Waals surface area contributed by atoms with Crippen molar-refractivity contribution >= 4 is 0 Å². The maximum Gasteiger partial charge on any atom is -0.00232 e. The molecule has 90 valence electrons.